The molecular formula is C10H6FNO3. The van der Waals surface area contributed by atoms with E-state index in [1.165, 1.54) is 24.3 Å². The van der Waals surface area contributed by atoms with Crippen LogP contribution >= 0.6 is 0 Å². The van der Waals surface area contributed by atoms with E-state index in [4.69, 9.17) is 5.11 Å². The van der Waals surface area contributed by atoms with Crippen molar-refractivity contribution in [1.29, 1.82) is 0 Å². The lowest BCUT2D eigenvalue weighted by atomic mass is 10.2. The highest BCUT2D eigenvalue weighted by Crippen LogP contribution is 2.16. The number of halogens is 1. The van der Waals surface area contributed by atoms with Crippen LogP contribution in [0.1, 0.15) is 10.5 Å². The van der Waals surface area contributed by atoms with Crippen LogP contribution in [0.3, 0.4) is 0 Å². The fourth-order valence-electron chi connectivity index (χ4n) is 1.34. The summed E-state index contributed by atoms with van der Waals surface area (Å²) in [6.45, 7) is 0. The van der Waals surface area contributed by atoms with Gasteiger partial charge >= 0.3 is 5.97 Å². The largest absolute Gasteiger partial charge is 0.475 e. The van der Waals surface area contributed by atoms with Crippen molar-refractivity contribution in [3.05, 3.63) is 35.8 Å². The first-order valence-electron chi connectivity index (χ1n) is 4.14. The molecule has 4 nitrogen and oxygen atoms in total. The van der Waals surface area contributed by atoms with Gasteiger partial charge in [0.2, 0.25) is 0 Å². The Balaban J connectivity index is 2.56. The molecule has 5 heteroatoms. The number of carboxylic acids is 1. The van der Waals surface area contributed by atoms with Gasteiger partial charge in [0, 0.05) is 10.9 Å². The van der Waals surface area contributed by atoms with Crippen molar-refractivity contribution in [2.75, 3.05) is 0 Å². The maximum absolute atomic E-state index is 12.8. The molecular weight excluding hydrogens is 201 g/mol. The van der Waals surface area contributed by atoms with Crippen LogP contribution in [0.2, 0.25) is 0 Å². The molecule has 0 aliphatic carbocycles. The number of carboxylic acid groups (broad SMARTS) is 1. The van der Waals surface area contributed by atoms with Gasteiger partial charge in [-0.1, -0.05) is 0 Å². The number of H-pyrrole nitrogens is 1. The van der Waals surface area contributed by atoms with E-state index in [1.54, 1.807) is 0 Å². The standard InChI is InChI=1S/C10H6FNO3/c11-6-2-1-5-3-8(9(13)10(14)15)12-7(5)4-6/h1-4,12H,(H,14,15). The summed E-state index contributed by atoms with van der Waals surface area (Å²) in [7, 11) is 0. The second kappa shape index (κ2) is 3.20. The summed E-state index contributed by atoms with van der Waals surface area (Å²) in [5, 5.41) is 9.07. The van der Waals surface area contributed by atoms with E-state index in [2.05, 4.69) is 4.98 Å². The number of nitrogens with one attached hydrogen (secondary N) is 1. The molecule has 0 saturated heterocycles. The number of carbonyl (C=O) groups is 2. The molecule has 0 amide bonds. The lowest BCUT2D eigenvalue weighted by Gasteiger charge is -1.89. The fourth-order valence-corrected chi connectivity index (χ4v) is 1.34. The molecule has 1 aromatic heterocycles. The third-order valence-corrected chi connectivity index (χ3v) is 2.02. The Bertz CT molecular complexity index is 559. The molecule has 15 heavy (non-hydrogen) atoms. The number of hydrogen-bond donors (Lipinski definition) is 2. The average molecular weight is 207 g/mol. The monoisotopic (exact) mass is 207 g/mol. The lowest BCUT2D eigenvalue weighted by molar-refractivity contribution is -0.131. The zero-order chi connectivity index (χ0) is 11.0. The van der Waals surface area contributed by atoms with E-state index in [1.807, 2.05) is 0 Å². The highest BCUT2D eigenvalue weighted by atomic mass is 19.1. The van der Waals surface area contributed by atoms with E-state index in [9.17, 15) is 14.0 Å². The minimum atomic E-state index is -1.54. The quantitative estimate of drug-likeness (QED) is 0.580. The van der Waals surface area contributed by atoms with Crippen molar-refractivity contribution >= 4 is 22.7 Å². The molecule has 0 radical (unpaired) electrons. The van der Waals surface area contributed by atoms with Crippen LogP contribution in [-0.2, 0) is 4.79 Å². The number of aromatic nitrogens is 1. The molecule has 1 heterocycles. The molecule has 0 aliphatic heterocycles. The van der Waals surface area contributed by atoms with E-state index in [-0.39, 0.29) is 5.69 Å². The highest BCUT2D eigenvalue weighted by molar-refractivity contribution is 6.39. The second-order valence-electron chi connectivity index (χ2n) is 3.05. The number of benzene rings is 1. The number of aliphatic carboxylic acids is 1. The number of aromatic amines is 1. The first kappa shape index (κ1) is 9.39. The van der Waals surface area contributed by atoms with Gasteiger partial charge in [-0.05, 0) is 24.3 Å². The van der Waals surface area contributed by atoms with Crippen molar-refractivity contribution in [1.82, 2.24) is 4.98 Å². The molecule has 0 bridgehead atoms. The van der Waals surface area contributed by atoms with Crippen LogP contribution in [-0.4, -0.2) is 21.8 Å². The van der Waals surface area contributed by atoms with Crippen molar-refractivity contribution in [3.63, 3.8) is 0 Å². The molecule has 0 saturated carbocycles. The third kappa shape index (κ3) is 1.59. The second-order valence-corrected chi connectivity index (χ2v) is 3.05. The summed E-state index contributed by atoms with van der Waals surface area (Å²) in [6.07, 6.45) is 0. The van der Waals surface area contributed by atoms with Gasteiger partial charge in [-0.25, -0.2) is 9.18 Å². The number of hydrogen-bond acceptors (Lipinski definition) is 2. The zero-order valence-corrected chi connectivity index (χ0v) is 7.45. The van der Waals surface area contributed by atoms with Crippen LogP contribution in [0.4, 0.5) is 4.39 Å². The minimum Gasteiger partial charge on any atom is -0.475 e. The smallest absolute Gasteiger partial charge is 0.378 e. The maximum Gasteiger partial charge on any atom is 0.378 e. The Morgan fingerprint density at radius 1 is 1.27 bits per heavy atom. The summed E-state index contributed by atoms with van der Waals surface area (Å²) in [5.74, 6) is -3.02. The molecule has 0 spiro atoms. The van der Waals surface area contributed by atoms with Gasteiger partial charge in [0.15, 0.2) is 0 Å². The van der Waals surface area contributed by atoms with Crippen molar-refractivity contribution in [2.24, 2.45) is 0 Å². The minimum absolute atomic E-state index is 0.0527. The molecule has 0 atom stereocenters. The Morgan fingerprint density at radius 3 is 2.67 bits per heavy atom. The summed E-state index contributed by atoms with van der Waals surface area (Å²) in [5.41, 5.74) is 0.350. The maximum atomic E-state index is 12.8. The van der Waals surface area contributed by atoms with Gasteiger partial charge < -0.3 is 10.1 Å². The first-order chi connectivity index (χ1) is 7.08. The number of fused-ring (bicyclic) bond motifs is 1. The fraction of sp³-hybridized carbons (Fsp3) is 0. The molecule has 2 aromatic rings. The molecule has 76 valence electrons. The third-order valence-electron chi connectivity index (χ3n) is 2.02. The van der Waals surface area contributed by atoms with Crippen molar-refractivity contribution in [2.45, 2.75) is 0 Å². The molecule has 1 aromatic carbocycles. The number of Topliss-reactive ketones (excluding diaryl/α,β-unsaturated/α-hetero) is 1. The number of carbonyl (C=O) groups excluding carboxylic acids is 1. The van der Waals surface area contributed by atoms with Gasteiger partial charge in [-0.15, -0.1) is 0 Å². The summed E-state index contributed by atoms with van der Waals surface area (Å²) < 4.78 is 12.8. The molecule has 0 unspecified atom stereocenters. The number of rotatable bonds is 2. The zero-order valence-electron chi connectivity index (χ0n) is 7.45. The summed E-state index contributed by atoms with van der Waals surface area (Å²) in [4.78, 5) is 24.0. The summed E-state index contributed by atoms with van der Waals surface area (Å²) >= 11 is 0. The predicted molar refractivity (Wildman–Crippen MR) is 50.2 cm³/mol. The predicted octanol–water partition coefficient (Wildman–Crippen LogP) is 1.57. The SMILES string of the molecule is O=C(O)C(=O)c1cc2ccc(F)cc2[nH]1. The van der Waals surface area contributed by atoms with Gasteiger partial charge in [-0.2, -0.15) is 0 Å². The molecule has 2 N–H and O–H groups in total. The normalized spacial score (nSPS) is 10.5. The van der Waals surface area contributed by atoms with Crippen molar-refractivity contribution < 1.29 is 19.1 Å². The Hall–Kier alpha value is -2.17. The Kier molecular flexibility index (Phi) is 2.00. The van der Waals surface area contributed by atoms with Gasteiger partial charge in [0.05, 0.1) is 5.69 Å². The van der Waals surface area contributed by atoms with Crippen LogP contribution in [0, 0.1) is 5.82 Å². The van der Waals surface area contributed by atoms with Crippen molar-refractivity contribution in [3.8, 4) is 0 Å². The molecule has 0 aliphatic rings. The topological polar surface area (TPSA) is 70.2 Å². The number of ketones is 1. The first-order valence-corrected chi connectivity index (χ1v) is 4.14. The van der Waals surface area contributed by atoms with Crippen LogP contribution in [0.15, 0.2) is 24.3 Å². The average Bonchev–Trinajstić information content (AvgIpc) is 2.58. The lowest BCUT2D eigenvalue weighted by Crippen LogP contribution is -2.12. The van der Waals surface area contributed by atoms with Gasteiger partial charge in [0.25, 0.3) is 5.78 Å². The summed E-state index contributed by atoms with van der Waals surface area (Å²) in [6, 6.07) is 5.30. The highest BCUT2D eigenvalue weighted by Gasteiger charge is 2.16. The van der Waals surface area contributed by atoms with Crippen LogP contribution in [0.5, 0.6) is 0 Å². The Morgan fingerprint density at radius 2 is 2.00 bits per heavy atom. The Labute approximate surface area is 83.3 Å². The van der Waals surface area contributed by atoms with E-state index < -0.39 is 17.6 Å². The van der Waals surface area contributed by atoms with E-state index in [0.29, 0.717) is 10.9 Å². The van der Waals surface area contributed by atoms with Crippen LogP contribution in [0.25, 0.3) is 10.9 Å². The van der Waals surface area contributed by atoms with E-state index in [0.717, 1.165) is 0 Å². The van der Waals surface area contributed by atoms with Gasteiger partial charge in [-0.3, -0.25) is 4.79 Å². The molecule has 0 fully saturated rings. The van der Waals surface area contributed by atoms with Crippen LogP contribution < -0.4 is 0 Å². The van der Waals surface area contributed by atoms with Gasteiger partial charge in [0.1, 0.15) is 5.82 Å². The van der Waals surface area contributed by atoms with E-state index >= 15 is 0 Å². The molecule has 2 rings (SSSR count).